The maximum absolute atomic E-state index is 13.1. The number of nitrogens with one attached hydrogen (secondary N) is 1. The monoisotopic (exact) mass is 459 g/mol. The molecule has 4 aromatic rings. The Balaban J connectivity index is 1.78. The van der Waals surface area contributed by atoms with Gasteiger partial charge in [0.2, 0.25) is 11.3 Å². The van der Waals surface area contributed by atoms with Gasteiger partial charge in [0.05, 0.1) is 10.9 Å². The summed E-state index contributed by atoms with van der Waals surface area (Å²) in [7, 11) is 0. The second-order valence-corrected chi connectivity index (χ2v) is 8.40. The molecule has 0 saturated carbocycles. The molecule has 6 nitrogen and oxygen atoms in total. The number of aryl methyl sites for hydroxylation is 2. The fourth-order valence-corrected chi connectivity index (χ4v) is 3.85. The molecule has 0 aliphatic carbocycles. The molecule has 0 unspecified atom stereocenters. The summed E-state index contributed by atoms with van der Waals surface area (Å²) < 4.78 is 1.54. The van der Waals surface area contributed by atoms with Gasteiger partial charge < -0.3 is 9.88 Å². The third-order valence-corrected chi connectivity index (χ3v) is 5.82. The number of ketones is 1. The van der Waals surface area contributed by atoms with Gasteiger partial charge in [-0.05, 0) is 62.2 Å². The van der Waals surface area contributed by atoms with Crippen LogP contribution in [-0.4, -0.2) is 21.2 Å². The molecule has 1 amide bonds. The van der Waals surface area contributed by atoms with E-state index in [4.69, 9.17) is 11.6 Å². The summed E-state index contributed by atoms with van der Waals surface area (Å²) in [6, 6.07) is 15.4. The molecule has 0 aliphatic heterocycles. The molecule has 0 bridgehead atoms. The van der Waals surface area contributed by atoms with E-state index in [-0.39, 0.29) is 23.4 Å². The highest BCUT2D eigenvalue weighted by molar-refractivity contribution is 6.31. The van der Waals surface area contributed by atoms with Crippen LogP contribution in [0.3, 0.4) is 0 Å². The van der Waals surface area contributed by atoms with Crippen LogP contribution < -0.4 is 10.7 Å². The highest BCUT2D eigenvalue weighted by Crippen LogP contribution is 2.19. The Labute approximate surface area is 195 Å². The molecular formula is C26H22ClN3O3. The van der Waals surface area contributed by atoms with Crippen molar-refractivity contribution in [3.05, 3.63) is 104 Å². The fraction of sp³-hybridized carbons (Fsp3) is 0.154. The summed E-state index contributed by atoms with van der Waals surface area (Å²) in [6.07, 6.45) is 1.41. The quantitative estimate of drug-likeness (QED) is 0.433. The maximum atomic E-state index is 13.1. The first-order valence-corrected chi connectivity index (χ1v) is 10.8. The molecule has 2 heterocycles. The number of fused-ring (bicyclic) bond motifs is 1. The molecule has 4 rings (SSSR count). The normalized spacial score (nSPS) is 10.9. The molecular weight excluding hydrogens is 438 g/mol. The number of rotatable bonds is 5. The number of pyridine rings is 2. The van der Waals surface area contributed by atoms with Crippen molar-refractivity contribution >= 4 is 40.0 Å². The van der Waals surface area contributed by atoms with Gasteiger partial charge in [-0.3, -0.25) is 14.4 Å². The summed E-state index contributed by atoms with van der Waals surface area (Å²) in [5.41, 5.74) is 3.60. The van der Waals surface area contributed by atoms with Crippen LogP contribution in [0.15, 0.2) is 65.6 Å². The lowest BCUT2D eigenvalue weighted by atomic mass is 10.0. The molecule has 0 aliphatic rings. The molecule has 33 heavy (non-hydrogen) atoms. The van der Waals surface area contributed by atoms with E-state index in [1.165, 1.54) is 12.3 Å². The molecule has 7 heteroatoms. The number of halogens is 1. The Hall–Kier alpha value is -3.77. The van der Waals surface area contributed by atoms with Crippen molar-refractivity contribution in [1.29, 1.82) is 0 Å². The zero-order chi connectivity index (χ0) is 23.7. The zero-order valence-electron chi connectivity index (χ0n) is 18.5. The van der Waals surface area contributed by atoms with Gasteiger partial charge in [-0.15, -0.1) is 0 Å². The van der Waals surface area contributed by atoms with Crippen molar-refractivity contribution in [2.45, 2.75) is 27.3 Å². The van der Waals surface area contributed by atoms with E-state index in [1.807, 2.05) is 32.0 Å². The lowest BCUT2D eigenvalue weighted by Gasteiger charge is -2.14. The highest BCUT2D eigenvalue weighted by atomic mass is 35.5. The number of carbonyl (C=O) groups is 2. The largest absolute Gasteiger partial charge is 0.324 e. The molecule has 2 aromatic carbocycles. The van der Waals surface area contributed by atoms with Gasteiger partial charge in [-0.25, -0.2) is 4.98 Å². The SMILES string of the molecule is Cc1ccc2c(=O)c(C(=O)c3cccc(Cl)c3)cn(CC(=O)Nc3cccc(C)c3C)c2n1. The zero-order valence-corrected chi connectivity index (χ0v) is 19.2. The van der Waals surface area contributed by atoms with Crippen LogP contribution >= 0.6 is 11.6 Å². The van der Waals surface area contributed by atoms with Gasteiger partial charge in [-0.1, -0.05) is 35.9 Å². The number of anilines is 1. The minimum atomic E-state index is -0.464. The summed E-state index contributed by atoms with van der Waals surface area (Å²) in [5.74, 6) is -0.758. The predicted molar refractivity (Wildman–Crippen MR) is 130 cm³/mol. The number of benzene rings is 2. The van der Waals surface area contributed by atoms with Crippen molar-refractivity contribution < 1.29 is 9.59 Å². The number of hydrogen-bond acceptors (Lipinski definition) is 4. The molecule has 0 atom stereocenters. The molecule has 0 saturated heterocycles. The van der Waals surface area contributed by atoms with E-state index in [2.05, 4.69) is 10.3 Å². The Morgan fingerprint density at radius 3 is 2.55 bits per heavy atom. The summed E-state index contributed by atoms with van der Waals surface area (Å²) >= 11 is 6.03. The smallest absolute Gasteiger partial charge is 0.244 e. The molecule has 0 radical (unpaired) electrons. The molecule has 166 valence electrons. The van der Waals surface area contributed by atoms with Crippen molar-refractivity contribution in [3.8, 4) is 0 Å². The Kier molecular flexibility index (Phi) is 6.11. The minimum Gasteiger partial charge on any atom is -0.324 e. The van der Waals surface area contributed by atoms with Gasteiger partial charge >= 0.3 is 0 Å². The number of carbonyl (C=O) groups excluding carboxylic acids is 2. The van der Waals surface area contributed by atoms with Crippen molar-refractivity contribution in [3.63, 3.8) is 0 Å². The number of amides is 1. The van der Waals surface area contributed by atoms with E-state index in [1.54, 1.807) is 41.8 Å². The van der Waals surface area contributed by atoms with Gasteiger partial charge in [0, 0.05) is 28.2 Å². The first-order chi connectivity index (χ1) is 15.7. The molecule has 1 N–H and O–H groups in total. The second-order valence-electron chi connectivity index (χ2n) is 7.96. The van der Waals surface area contributed by atoms with Crippen LogP contribution in [-0.2, 0) is 11.3 Å². The first-order valence-electron chi connectivity index (χ1n) is 10.4. The van der Waals surface area contributed by atoms with E-state index in [0.29, 0.717) is 27.6 Å². The van der Waals surface area contributed by atoms with Crippen LogP contribution in [0.5, 0.6) is 0 Å². The van der Waals surface area contributed by atoms with Gasteiger partial charge in [0.25, 0.3) is 0 Å². The lowest BCUT2D eigenvalue weighted by Crippen LogP contribution is -2.25. The van der Waals surface area contributed by atoms with Crippen LogP contribution in [0.1, 0.15) is 32.7 Å². The van der Waals surface area contributed by atoms with E-state index >= 15 is 0 Å². The number of nitrogens with zero attached hydrogens (tertiary/aromatic N) is 2. The molecule has 0 spiro atoms. The van der Waals surface area contributed by atoms with E-state index < -0.39 is 11.2 Å². The first kappa shape index (κ1) is 22.4. The van der Waals surface area contributed by atoms with Crippen LogP contribution in [0, 0.1) is 20.8 Å². The number of aromatic nitrogens is 2. The molecule has 2 aromatic heterocycles. The fourth-order valence-electron chi connectivity index (χ4n) is 3.66. The van der Waals surface area contributed by atoms with Crippen LogP contribution in [0.25, 0.3) is 11.0 Å². The van der Waals surface area contributed by atoms with Gasteiger partial charge in [-0.2, -0.15) is 0 Å². The topological polar surface area (TPSA) is 81.1 Å². The Bertz CT molecular complexity index is 1470. The lowest BCUT2D eigenvalue weighted by molar-refractivity contribution is -0.116. The van der Waals surface area contributed by atoms with E-state index in [9.17, 15) is 14.4 Å². The Morgan fingerprint density at radius 2 is 1.79 bits per heavy atom. The minimum absolute atomic E-state index is 0.0463. The van der Waals surface area contributed by atoms with Crippen molar-refractivity contribution in [1.82, 2.24) is 9.55 Å². The third-order valence-electron chi connectivity index (χ3n) is 5.58. The number of hydrogen-bond donors (Lipinski definition) is 1. The summed E-state index contributed by atoms with van der Waals surface area (Å²) in [6.45, 7) is 5.60. The second kappa shape index (κ2) is 9.00. The maximum Gasteiger partial charge on any atom is 0.244 e. The summed E-state index contributed by atoms with van der Waals surface area (Å²) in [4.78, 5) is 43.7. The van der Waals surface area contributed by atoms with Crippen LogP contribution in [0.4, 0.5) is 5.69 Å². The Morgan fingerprint density at radius 1 is 1.03 bits per heavy atom. The van der Waals surface area contributed by atoms with E-state index in [0.717, 1.165) is 11.1 Å². The standard InChI is InChI=1S/C26H22ClN3O3/c1-15-6-4-9-22(17(15)3)29-23(31)14-30-13-21(24(32)18-7-5-8-19(27)12-18)25(33)20-11-10-16(2)28-26(20)30/h4-13H,14H2,1-3H3,(H,29,31). The predicted octanol–water partition coefficient (Wildman–Crippen LogP) is 4.84. The summed E-state index contributed by atoms with van der Waals surface area (Å²) in [5, 5.41) is 3.58. The highest BCUT2D eigenvalue weighted by Gasteiger charge is 2.19. The van der Waals surface area contributed by atoms with Gasteiger partial charge in [0.15, 0.2) is 5.78 Å². The molecule has 0 fully saturated rings. The van der Waals surface area contributed by atoms with Gasteiger partial charge in [0.1, 0.15) is 12.2 Å². The average Bonchev–Trinajstić information content (AvgIpc) is 2.78. The van der Waals surface area contributed by atoms with Crippen molar-refractivity contribution in [2.24, 2.45) is 0 Å². The average molecular weight is 460 g/mol. The third kappa shape index (κ3) is 4.56. The van der Waals surface area contributed by atoms with Crippen molar-refractivity contribution in [2.75, 3.05) is 5.32 Å². The van der Waals surface area contributed by atoms with Crippen LogP contribution in [0.2, 0.25) is 5.02 Å².